The third-order valence-electron chi connectivity index (χ3n) is 5.07. The first-order valence-corrected chi connectivity index (χ1v) is 10.9. The van der Waals surface area contributed by atoms with Gasteiger partial charge in [0, 0.05) is 13.1 Å². The van der Waals surface area contributed by atoms with Crippen LogP contribution in [0.3, 0.4) is 0 Å². The zero-order chi connectivity index (χ0) is 24.0. The summed E-state index contributed by atoms with van der Waals surface area (Å²) in [5.74, 6) is -1.41. The number of carbonyl (C=O) groups is 4. The molecule has 0 saturated carbocycles. The minimum atomic E-state index is -0.999. The van der Waals surface area contributed by atoms with Gasteiger partial charge >= 0.3 is 6.09 Å². The number of ether oxygens (including phenoxy) is 1. The minimum absolute atomic E-state index is 0.196. The zero-order valence-electron chi connectivity index (χ0n) is 19.1. The SMILES string of the molecule is CC(C)(C)OC(=O)NCCC[C@@H](C(=O)NCc1ccccc1)N1C(=O)c2ccccc2C1=O. The van der Waals surface area contributed by atoms with Gasteiger partial charge in [-0.05, 0) is 51.3 Å². The van der Waals surface area contributed by atoms with Crippen LogP contribution in [-0.4, -0.2) is 46.9 Å². The number of alkyl carbamates (subject to hydrolysis) is 1. The highest BCUT2D eigenvalue weighted by Gasteiger charge is 2.42. The van der Waals surface area contributed by atoms with Gasteiger partial charge in [-0.1, -0.05) is 42.5 Å². The lowest BCUT2D eigenvalue weighted by atomic mass is 10.1. The average Bonchev–Trinajstić information content (AvgIpc) is 3.02. The van der Waals surface area contributed by atoms with Crippen LogP contribution in [0.5, 0.6) is 0 Å². The molecule has 0 spiro atoms. The summed E-state index contributed by atoms with van der Waals surface area (Å²) in [6, 6.07) is 14.9. The molecule has 2 N–H and O–H groups in total. The number of hydrogen-bond donors (Lipinski definition) is 2. The molecule has 33 heavy (non-hydrogen) atoms. The maximum absolute atomic E-state index is 13.1. The lowest BCUT2D eigenvalue weighted by Crippen LogP contribution is -2.49. The second-order valence-electron chi connectivity index (χ2n) is 8.82. The Morgan fingerprint density at radius 1 is 0.909 bits per heavy atom. The topological polar surface area (TPSA) is 105 Å². The number of rotatable bonds is 8. The molecule has 3 rings (SSSR count). The number of benzene rings is 2. The van der Waals surface area contributed by atoms with Crippen molar-refractivity contribution in [3.05, 3.63) is 71.3 Å². The number of nitrogens with zero attached hydrogens (tertiary/aromatic N) is 1. The van der Waals surface area contributed by atoms with E-state index in [0.717, 1.165) is 10.5 Å². The van der Waals surface area contributed by atoms with Crippen LogP contribution in [-0.2, 0) is 16.1 Å². The lowest BCUT2D eigenvalue weighted by Gasteiger charge is -2.25. The van der Waals surface area contributed by atoms with Crippen LogP contribution in [0.1, 0.15) is 59.9 Å². The molecule has 1 atom stereocenters. The van der Waals surface area contributed by atoms with Crippen molar-refractivity contribution >= 4 is 23.8 Å². The highest BCUT2D eigenvalue weighted by atomic mass is 16.6. The standard InChI is InChI=1S/C25H29N3O5/c1-25(2,3)33-24(32)26-15-9-14-20(21(29)27-16-17-10-5-4-6-11-17)28-22(30)18-12-7-8-13-19(18)23(28)31/h4-8,10-13,20H,9,14-16H2,1-3H3,(H,26,32)(H,27,29)/t20-/m0/s1. The highest BCUT2D eigenvalue weighted by Crippen LogP contribution is 2.26. The summed E-state index contributed by atoms with van der Waals surface area (Å²) in [7, 11) is 0. The fourth-order valence-corrected chi connectivity index (χ4v) is 3.57. The lowest BCUT2D eigenvalue weighted by molar-refractivity contribution is -0.125. The molecule has 0 unspecified atom stereocenters. The van der Waals surface area contributed by atoms with E-state index in [-0.39, 0.29) is 30.6 Å². The number of fused-ring (bicyclic) bond motifs is 1. The van der Waals surface area contributed by atoms with Crippen molar-refractivity contribution in [2.45, 2.75) is 51.8 Å². The molecule has 0 aliphatic carbocycles. The highest BCUT2D eigenvalue weighted by molar-refractivity contribution is 6.22. The van der Waals surface area contributed by atoms with Crippen molar-refractivity contribution in [3.8, 4) is 0 Å². The van der Waals surface area contributed by atoms with Crippen molar-refractivity contribution in [3.63, 3.8) is 0 Å². The Morgan fingerprint density at radius 3 is 2.06 bits per heavy atom. The van der Waals surface area contributed by atoms with E-state index in [4.69, 9.17) is 4.74 Å². The van der Waals surface area contributed by atoms with Crippen molar-refractivity contribution in [1.82, 2.24) is 15.5 Å². The van der Waals surface area contributed by atoms with E-state index in [9.17, 15) is 19.2 Å². The number of hydrogen-bond acceptors (Lipinski definition) is 5. The van der Waals surface area contributed by atoms with Gasteiger partial charge in [0.2, 0.25) is 5.91 Å². The van der Waals surface area contributed by atoms with Gasteiger partial charge in [-0.15, -0.1) is 0 Å². The molecule has 1 heterocycles. The van der Waals surface area contributed by atoms with Crippen LogP contribution in [0.4, 0.5) is 4.79 Å². The van der Waals surface area contributed by atoms with Crippen molar-refractivity contribution in [2.75, 3.05) is 6.54 Å². The van der Waals surface area contributed by atoms with E-state index in [1.165, 1.54) is 0 Å². The van der Waals surface area contributed by atoms with Gasteiger partial charge in [0.05, 0.1) is 11.1 Å². The number of amides is 4. The molecule has 2 aromatic carbocycles. The molecule has 1 aliphatic rings. The van der Waals surface area contributed by atoms with Crippen LogP contribution >= 0.6 is 0 Å². The Balaban J connectivity index is 1.69. The molecule has 1 aliphatic heterocycles. The fraction of sp³-hybridized carbons (Fsp3) is 0.360. The molecule has 174 valence electrons. The Hall–Kier alpha value is -3.68. The normalized spacial score (nSPS) is 14.0. The summed E-state index contributed by atoms with van der Waals surface area (Å²) >= 11 is 0. The minimum Gasteiger partial charge on any atom is -0.444 e. The van der Waals surface area contributed by atoms with E-state index < -0.39 is 35.5 Å². The van der Waals surface area contributed by atoms with Crippen LogP contribution in [0, 0.1) is 0 Å². The molecule has 4 amide bonds. The van der Waals surface area contributed by atoms with Gasteiger partial charge in [-0.3, -0.25) is 19.3 Å². The first kappa shape index (κ1) is 24.0. The summed E-state index contributed by atoms with van der Waals surface area (Å²) in [6.45, 7) is 5.81. The predicted octanol–water partition coefficient (Wildman–Crippen LogP) is 3.27. The molecular formula is C25H29N3O5. The van der Waals surface area contributed by atoms with Crippen molar-refractivity contribution < 1.29 is 23.9 Å². The quantitative estimate of drug-likeness (QED) is 0.473. The molecule has 0 radical (unpaired) electrons. The molecule has 2 aromatic rings. The first-order chi connectivity index (χ1) is 15.7. The zero-order valence-corrected chi connectivity index (χ0v) is 19.1. The molecule has 0 fully saturated rings. The maximum atomic E-state index is 13.1. The van der Waals surface area contributed by atoms with E-state index in [2.05, 4.69) is 10.6 Å². The Bertz CT molecular complexity index is 995. The smallest absolute Gasteiger partial charge is 0.407 e. The average molecular weight is 452 g/mol. The van der Waals surface area contributed by atoms with Gasteiger partial charge in [0.15, 0.2) is 0 Å². The Morgan fingerprint density at radius 2 is 1.48 bits per heavy atom. The van der Waals surface area contributed by atoms with Gasteiger partial charge in [-0.2, -0.15) is 0 Å². The summed E-state index contributed by atoms with van der Waals surface area (Å²) in [5.41, 5.74) is 0.855. The van der Waals surface area contributed by atoms with Gasteiger partial charge in [-0.25, -0.2) is 4.79 Å². The Labute approximate surface area is 193 Å². The Kier molecular flexibility index (Phi) is 7.48. The summed E-state index contributed by atoms with van der Waals surface area (Å²) in [4.78, 5) is 51.9. The molecule has 0 saturated heterocycles. The predicted molar refractivity (Wildman–Crippen MR) is 122 cm³/mol. The summed E-state index contributed by atoms with van der Waals surface area (Å²) < 4.78 is 5.21. The van der Waals surface area contributed by atoms with Gasteiger partial charge < -0.3 is 15.4 Å². The van der Waals surface area contributed by atoms with Crippen molar-refractivity contribution in [1.29, 1.82) is 0 Å². The van der Waals surface area contributed by atoms with Crippen LogP contribution < -0.4 is 10.6 Å². The first-order valence-electron chi connectivity index (χ1n) is 10.9. The van der Waals surface area contributed by atoms with Crippen LogP contribution in [0.25, 0.3) is 0 Å². The van der Waals surface area contributed by atoms with Crippen LogP contribution in [0.2, 0.25) is 0 Å². The van der Waals surface area contributed by atoms with E-state index >= 15 is 0 Å². The van der Waals surface area contributed by atoms with E-state index in [1.54, 1.807) is 45.0 Å². The van der Waals surface area contributed by atoms with Gasteiger partial charge in [0.1, 0.15) is 11.6 Å². The molecule has 8 nitrogen and oxygen atoms in total. The second kappa shape index (κ2) is 10.3. The third kappa shape index (κ3) is 6.19. The van der Waals surface area contributed by atoms with Crippen LogP contribution in [0.15, 0.2) is 54.6 Å². The van der Waals surface area contributed by atoms with Crippen molar-refractivity contribution in [2.24, 2.45) is 0 Å². The van der Waals surface area contributed by atoms with Gasteiger partial charge in [0.25, 0.3) is 11.8 Å². The largest absolute Gasteiger partial charge is 0.444 e. The van der Waals surface area contributed by atoms with E-state index in [1.807, 2.05) is 30.3 Å². The van der Waals surface area contributed by atoms with E-state index in [0.29, 0.717) is 6.42 Å². The molecule has 0 bridgehead atoms. The third-order valence-corrected chi connectivity index (χ3v) is 5.07. The molecular weight excluding hydrogens is 422 g/mol. The summed E-state index contributed by atoms with van der Waals surface area (Å²) in [5, 5.41) is 5.47. The summed E-state index contributed by atoms with van der Waals surface area (Å²) in [6.07, 6.45) is 0.00567. The molecule has 0 aromatic heterocycles. The number of nitrogens with one attached hydrogen (secondary N) is 2. The second-order valence-corrected chi connectivity index (χ2v) is 8.82. The number of carbonyl (C=O) groups excluding carboxylic acids is 4. The fourth-order valence-electron chi connectivity index (χ4n) is 3.57. The number of imide groups is 1. The maximum Gasteiger partial charge on any atom is 0.407 e. The monoisotopic (exact) mass is 451 g/mol. The molecule has 8 heteroatoms.